The second-order valence-electron chi connectivity index (χ2n) is 7.26. The Bertz CT molecular complexity index is 1180. The fourth-order valence-corrected chi connectivity index (χ4v) is 3.73. The van der Waals surface area contributed by atoms with Crippen molar-refractivity contribution >= 4 is 16.9 Å². The maximum Gasteiger partial charge on any atom is 0.338 e. The number of aromatic amines is 1. The summed E-state index contributed by atoms with van der Waals surface area (Å²) in [6.45, 7) is 7.68. The quantitative estimate of drug-likeness (QED) is 0.732. The Morgan fingerprint density at radius 2 is 2.07 bits per heavy atom. The molecule has 0 radical (unpaired) electrons. The summed E-state index contributed by atoms with van der Waals surface area (Å²) >= 11 is 0. The SMILES string of the molecule is CCCC1=C(C(=O)OCC)[C@H](c2cc3ccc(C)c(C)c3[nH]c2=O)C(C#N)=C(N)O1. The fraction of sp³-hybridized carbons (Fsp3) is 0.348. The number of fused-ring (bicyclic) bond motifs is 1. The highest BCUT2D eigenvalue weighted by molar-refractivity contribution is 5.93. The van der Waals surface area contributed by atoms with Gasteiger partial charge in [0.05, 0.1) is 23.6 Å². The number of nitrogens with two attached hydrogens (primary N) is 1. The zero-order valence-corrected chi connectivity index (χ0v) is 17.6. The average Bonchev–Trinajstić information content (AvgIpc) is 2.71. The van der Waals surface area contributed by atoms with E-state index in [-0.39, 0.29) is 34.8 Å². The Hall–Kier alpha value is -3.53. The normalized spacial score (nSPS) is 16.4. The maximum atomic E-state index is 13.1. The number of carbonyl (C=O) groups excluding carboxylic acids is 1. The standard InChI is InChI=1S/C23H25N3O4/c1-5-7-17-19(23(28)29-6-2)18(16(11-24)21(25)30-17)15-10-14-9-8-12(3)13(4)20(14)26-22(15)27/h8-10,18H,5-7,25H2,1-4H3,(H,26,27)/t18-/m1/s1. The number of aryl methyl sites for hydroxylation is 2. The average molecular weight is 407 g/mol. The number of nitriles is 1. The molecule has 1 atom stereocenters. The fourth-order valence-electron chi connectivity index (χ4n) is 3.73. The first-order valence-electron chi connectivity index (χ1n) is 9.94. The summed E-state index contributed by atoms with van der Waals surface area (Å²) in [4.78, 5) is 28.9. The predicted molar refractivity (Wildman–Crippen MR) is 113 cm³/mol. The first-order valence-corrected chi connectivity index (χ1v) is 9.94. The zero-order valence-electron chi connectivity index (χ0n) is 17.6. The van der Waals surface area contributed by atoms with Gasteiger partial charge in [-0.2, -0.15) is 5.26 Å². The van der Waals surface area contributed by atoms with E-state index in [0.717, 1.165) is 22.0 Å². The third-order valence-corrected chi connectivity index (χ3v) is 5.36. The molecule has 0 unspecified atom stereocenters. The van der Waals surface area contributed by atoms with Crippen molar-refractivity contribution in [1.29, 1.82) is 5.26 Å². The van der Waals surface area contributed by atoms with Crippen LogP contribution in [0.1, 0.15) is 49.3 Å². The molecule has 3 rings (SSSR count). The smallest absolute Gasteiger partial charge is 0.338 e. The Morgan fingerprint density at radius 3 is 2.70 bits per heavy atom. The van der Waals surface area contributed by atoms with Gasteiger partial charge in [0.2, 0.25) is 5.88 Å². The van der Waals surface area contributed by atoms with Crippen LogP contribution in [0.25, 0.3) is 10.9 Å². The number of hydrogen-bond acceptors (Lipinski definition) is 6. The molecule has 0 aliphatic carbocycles. The molecule has 3 N–H and O–H groups in total. The number of hydrogen-bond donors (Lipinski definition) is 2. The number of aromatic nitrogens is 1. The van der Waals surface area contributed by atoms with Gasteiger partial charge < -0.3 is 20.2 Å². The lowest BCUT2D eigenvalue weighted by Crippen LogP contribution is -2.29. The lowest BCUT2D eigenvalue weighted by molar-refractivity contribution is -0.139. The third kappa shape index (κ3) is 3.57. The second kappa shape index (κ2) is 8.46. The minimum atomic E-state index is -0.959. The molecule has 156 valence electrons. The molecule has 30 heavy (non-hydrogen) atoms. The Kier molecular flexibility index (Phi) is 5.97. The molecule has 1 aromatic carbocycles. The van der Waals surface area contributed by atoms with Crippen LogP contribution >= 0.6 is 0 Å². The second-order valence-corrected chi connectivity index (χ2v) is 7.26. The van der Waals surface area contributed by atoms with E-state index in [1.54, 1.807) is 13.0 Å². The van der Waals surface area contributed by atoms with Crippen LogP contribution in [0.2, 0.25) is 0 Å². The van der Waals surface area contributed by atoms with Crippen LogP contribution in [0.15, 0.2) is 45.8 Å². The van der Waals surface area contributed by atoms with Crippen molar-refractivity contribution in [2.75, 3.05) is 6.61 Å². The molecule has 0 fully saturated rings. The number of nitrogens with zero attached hydrogens (tertiary/aromatic N) is 1. The first-order chi connectivity index (χ1) is 14.3. The maximum absolute atomic E-state index is 13.1. The van der Waals surface area contributed by atoms with Gasteiger partial charge in [0.1, 0.15) is 17.4 Å². The summed E-state index contributed by atoms with van der Waals surface area (Å²) in [5, 5.41) is 10.6. The van der Waals surface area contributed by atoms with Crippen LogP contribution < -0.4 is 11.3 Å². The molecule has 0 saturated carbocycles. The van der Waals surface area contributed by atoms with Crippen molar-refractivity contribution in [2.24, 2.45) is 5.73 Å². The molecule has 0 bridgehead atoms. The molecule has 7 heteroatoms. The van der Waals surface area contributed by atoms with Gasteiger partial charge in [-0.05, 0) is 49.8 Å². The van der Waals surface area contributed by atoms with Crippen LogP contribution in [0.4, 0.5) is 0 Å². The first kappa shape index (κ1) is 21.2. The zero-order chi connectivity index (χ0) is 22.0. The summed E-state index contributed by atoms with van der Waals surface area (Å²) in [6.07, 6.45) is 1.11. The number of esters is 1. The van der Waals surface area contributed by atoms with Gasteiger partial charge >= 0.3 is 5.97 Å². The molecular formula is C23H25N3O4. The van der Waals surface area contributed by atoms with Gasteiger partial charge in [-0.25, -0.2) is 4.79 Å². The molecule has 0 spiro atoms. The van der Waals surface area contributed by atoms with E-state index in [9.17, 15) is 14.9 Å². The minimum Gasteiger partial charge on any atom is -0.463 e. The lowest BCUT2D eigenvalue weighted by atomic mass is 9.82. The van der Waals surface area contributed by atoms with Crippen LogP contribution in [-0.4, -0.2) is 17.6 Å². The molecule has 7 nitrogen and oxygen atoms in total. The van der Waals surface area contributed by atoms with Gasteiger partial charge in [-0.3, -0.25) is 4.79 Å². The number of ether oxygens (including phenoxy) is 2. The van der Waals surface area contributed by atoms with Gasteiger partial charge in [0, 0.05) is 12.0 Å². The Balaban J connectivity index is 2.33. The summed E-state index contributed by atoms with van der Waals surface area (Å²) in [5.74, 6) is -1.35. The minimum absolute atomic E-state index is 0.0200. The molecule has 0 amide bonds. The summed E-state index contributed by atoms with van der Waals surface area (Å²) in [7, 11) is 0. The highest BCUT2D eigenvalue weighted by Crippen LogP contribution is 2.40. The van der Waals surface area contributed by atoms with Crippen molar-refractivity contribution in [3.05, 3.63) is 68.0 Å². The topological polar surface area (TPSA) is 118 Å². The molecule has 1 aromatic heterocycles. The van der Waals surface area contributed by atoms with E-state index in [2.05, 4.69) is 4.98 Å². The Labute approximate surface area is 174 Å². The van der Waals surface area contributed by atoms with Crippen molar-refractivity contribution in [3.63, 3.8) is 0 Å². The number of rotatable bonds is 5. The number of benzene rings is 1. The van der Waals surface area contributed by atoms with E-state index in [4.69, 9.17) is 15.2 Å². The van der Waals surface area contributed by atoms with Crippen LogP contribution in [-0.2, 0) is 14.3 Å². The van der Waals surface area contributed by atoms with Crippen LogP contribution in [0.3, 0.4) is 0 Å². The Morgan fingerprint density at radius 1 is 1.33 bits per heavy atom. The van der Waals surface area contributed by atoms with Crippen molar-refractivity contribution in [1.82, 2.24) is 4.98 Å². The number of nitrogens with one attached hydrogen (secondary N) is 1. The molecule has 1 aliphatic rings. The number of allylic oxidation sites excluding steroid dienone is 2. The highest BCUT2D eigenvalue weighted by Gasteiger charge is 2.38. The van der Waals surface area contributed by atoms with E-state index in [1.807, 2.05) is 39.0 Å². The van der Waals surface area contributed by atoms with Crippen LogP contribution in [0.5, 0.6) is 0 Å². The summed E-state index contributed by atoms with van der Waals surface area (Å²) in [5.41, 5.74) is 8.80. The monoisotopic (exact) mass is 407 g/mol. The van der Waals surface area contributed by atoms with Crippen molar-refractivity contribution in [3.8, 4) is 6.07 Å². The van der Waals surface area contributed by atoms with Gasteiger partial charge in [0.15, 0.2) is 0 Å². The molecule has 2 heterocycles. The number of H-pyrrole nitrogens is 1. The van der Waals surface area contributed by atoms with Gasteiger partial charge in [-0.15, -0.1) is 0 Å². The molecule has 1 aliphatic heterocycles. The molecule has 0 saturated heterocycles. The van der Waals surface area contributed by atoms with E-state index in [0.29, 0.717) is 18.6 Å². The highest BCUT2D eigenvalue weighted by atomic mass is 16.5. The van der Waals surface area contributed by atoms with Gasteiger partial charge in [-0.1, -0.05) is 19.1 Å². The molecular weight excluding hydrogens is 382 g/mol. The van der Waals surface area contributed by atoms with E-state index in [1.165, 1.54) is 0 Å². The van der Waals surface area contributed by atoms with E-state index >= 15 is 0 Å². The largest absolute Gasteiger partial charge is 0.463 e. The van der Waals surface area contributed by atoms with Gasteiger partial charge in [0.25, 0.3) is 5.56 Å². The lowest BCUT2D eigenvalue weighted by Gasteiger charge is -2.27. The van der Waals surface area contributed by atoms with Crippen molar-refractivity contribution < 1.29 is 14.3 Å². The molecule has 2 aromatic rings. The number of pyridine rings is 1. The number of carbonyl (C=O) groups is 1. The predicted octanol–water partition coefficient (Wildman–Crippen LogP) is 3.57. The summed E-state index contributed by atoms with van der Waals surface area (Å²) < 4.78 is 10.9. The third-order valence-electron chi connectivity index (χ3n) is 5.36. The van der Waals surface area contributed by atoms with E-state index < -0.39 is 11.9 Å². The van der Waals surface area contributed by atoms with Crippen molar-refractivity contribution in [2.45, 2.75) is 46.5 Å². The summed E-state index contributed by atoms with van der Waals surface area (Å²) in [6, 6.07) is 7.60. The van der Waals surface area contributed by atoms with Crippen LogP contribution in [0, 0.1) is 25.2 Å².